The highest BCUT2D eigenvalue weighted by Crippen LogP contribution is 2.20. The molecule has 0 atom stereocenters. The van der Waals surface area contributed by atoms with Crippen molar-refractivity contribution in [2.24, 2.45) is 0 Å². The Hall–Kier alpha value is -4.11. The van der Waals surface area contributed by atoms with Gasteiger partial charge in [0.25, 0.3) is 15.9 Å². The average Bonchev–Trinajstić information content (AvgIpc) is 2.82. The van der Waals surface area contributed by atoms with Gasteiger partial charge in [-0.25, -0.2) is 13.2 Å². The Bertz CT molecular complexity index is 1220. The molecule has 0 spiro atoms. The number of esters is 1. The van der Waals surface area contributed by atoms with Crippen molar-refractivity contribution in [2.45, 2.75) is 4.90 Å². The summed E-state index contributed by atoms with van der Waals surface area (Å²) >= 11 is 0. The minimum atomic E-state index is -3.78. The van der Waals surface area contributed by atoms with Gasteiger partial charge in [-0.15, -0.1) is 0 Å². The minimum Gasteiger partial charge on any atom is -0.497 e. The largest absolute Gasteiger partial charge is 0.497 e. The summed E-state index contributed by atoms with van der Waals surface area (Å²) < 4.78 is 37.5. The molecule has 1 amide bonds. The molecular formula is C24H22N2O6S. The molecule has 0 fully saturated rings. The molecule has 0 bridgehead atoms. The molecule has 170 valence electrons. The lowest BCUT2D eigenvalue weighted by Gasteiger charge is -2.09. The van der Waals surface area contributed by atoms with Crippen LogP contribution in [-0.2, 0) is 24.3 Å². The normalized spacial score (nSPS) is 11.1. The predicted molar refractivity (Wildman–Crippen MR) is 125 cm³/mol. The summed E-state index contributed by atoms with van der Waals surface area (Å²) in [7, 11) is -2.25. The number of carbonyl (C=O) groups excluding carboxylic acids is 2. The molecular weight excluding hydrogens is 444 g/mol. The predicted octanol–water partition coefficient (Wildman–Crippen LogP) is 3.69. The van der Waals surface area contributed by atoms with E-state index in [1.54, 1.807) is 60.7 Å². The smallest absolute Gasteiger partial charge is 0.331 e. The summed E-state index contributed by atoms with van der Waals surface area (Å²) in [5.74, 6) is -0.539. The molecule has 2 N–H and O–H groups in total. The van der Waals surface area contributed by atoms with Gasteiger partial charge in [-0.3, -0.25) is 9.52 Å². The number of ether oxygens (including phenoxy) is 2. The summed E-state index contributed by atoms with van der Waals surface area (Å²) in [6, 6.07) is 21.2. The number of carbonyl (C=O) groups is 2. The number of benzene rings is 3. The number of sulfonamides is 1. The van der Waals surface area contributed by atoms with Crippen molar-refractivity contribution in [1.82, 2.24) is 0 Å². The monoisotopic (exact) mass is 466 g/mol. The molecule has 9 heteroatoms. The Kier molecular flexibility index (Phi) is 7.82. The molecule has 3 aromatic carbocycles. The van der Waals surface area contributed by atoms with Gasteiger partial charge in [0.2, 0.25) is 0 Å². The second-order valence-corrected chi connectivity index (χ2v) is 8.44. The number of anilines is 2. The molecule has 3 aromatic rings. The van der Waals surface area contributed by atoms with Gasteiger partial charge in [-0.2, -0.15) is 0 Å². The maximum absolute atomic E-state index is 12.5. The van der Waals surface area contributed by atoms with E-state index in [0.717, 1.165) is 6.08 Å². The van der Waals surface area contributed by atoms with Crippen molar-refractivity contribution in [1.29, 1.82) is 0 Å². The molecule has 33 heavy (non-hydrogen) atoms. The quantitative estimate of drug-likeness (QED) is 0.368. The molecule has 0 saturated carbocycles. The molecule has 0 radical (unpaired) electrons. The van der Waals surface area contributed by atoms with Gasteiger partial charge in [0.05, 0.1) is 12.0 Å². The van der Waals surface area contributed by atoms with E-state index in [2.05, 4.69) is 10.0 Å². The highest BCUT2D eigenvalue weighted by molar-refractivity contribution is 7.92. The van der Waals surface area contributed by atoms with E-state index in [9.17, 15) is 18.0 Å². The molecule has 0 saturated heterocycles. The number of para-hydroxylation sites is 1. The second-order valence-electron chi connectivity index (χ2n) is 6.76. The number of rotatable bonds is 9. The van der Waals surface area contributed by atoms with E-state index in [0.29, 0.717) is 22.7 Å². The molecule has 0 aliphatic heterocycles. The van der Waals surface area contributed by atoms with Gasteiger partial charge in [-0.05, 0) is 60.2 Å². The van der Waals surface area contributed by atoms with Crippen LogP contribution in [0.3, 0.4) is 0 Å². The number of hydrogen-bond donors (Lipinski definition) is 2. The van der Waals surface area contributed by atoms with Crippen LogP contribution < -0.4 is 14.8 Å². The summed E-state index contributed by atoms with van der Waals surface area (Å²) in [6.07, 6.45) is 2.62. The Morgan fingerprint density at radius 1 is 0.879 bits per heavy atom. The first-order valence-corrected chi connectivity index (χ1v) is 11.3. The van der Waals surface area contributed by atoms with E-state index in [4.69, 9.17) is 9.47 Å². The number of amides is 1. The zero-order chi connectivity index (χ0) is 23.7. The van der Waals surface area contributed by atoms with Crippen LogP contribution in [0.2, 0.25) is 0 Å². The van der Waals surface area contributed by atoms with Crippen LogP contribution in [0.4, 0.5) is 11.4 Å². The highest BCUT2D eigenvalue weighted by Gasteiger charge is 2.14. The lowest BCUT2D eigenvalue weighted by molar-refractivity contribution is -0.142. The lowest BCUT2D eigenvalue weighted by Crippen LogP contribution is -2.20. The van der Waals surface area contributed by atoms with Crippen LogP contribution in [0, 0.1) is 0 Å². The van der Waals surface area contributed by atoms with E-state index in [1.165, 1.54) is 25.3 Å². The lowest BCUT2D eigenvalue weighted by atomic mass is 10.2. The highest BCUT2D eigenvalue weighted by atomic mass is 32.2. The molecule has 0 aromatic heterocycles. The van der Waals surface area contributed by atoms with E-state index < -0.39 is 28.5 Å². The molecule has 3 rings (SSSR count). The molecule has 0 aliphatic carbocycles. The van der Waals surface area contributed by atoms with Gasteiger partial charge in [0.1, 0.15) is 5.75 Å². The number of methoxy groups -OCH3 is 1. The molecule has 0 unspecified atom stereocenters. The van der Waals surface area contributed by atoms with Gasteiger partial charge in [0.15, 0.2) is 6.61 Å². The van der Waals surface area contributed by atoms with Crippen molar-refractivity contribution in [3.05, 3.63) is 90.5 Å². The fourth-order valence-electron chi connectivity index (χ4n) is 2.70. The van der Waals surface area contributed by atoms with Crippen LogP contribution >= 0.6 is 0 Å². The zero-order valence-corrected chi connectivity index (χ0v) is 18.5. The third kappa shape index (κ3) is 7.22. The third-order valence-corrected chi connectivity index (χ3v) is 5.74. The van der Waals surface area contributed by atoms with Gasteiger partial charge in [0, 0.05) is 17.5 Å². The topological polar surface area (TPSA) is 111 Å². The van der Waals surface area contributed by atoms with E-state index in [1.807, 2.05) is 6.07 Å². The molecule has 8 nitrogen and oxygen atoms in total. The van der Waals surface area contributed by atoms with Crippen LogP contribution in [-0.4, -0.2) is 34.0 Å². The van der Waals surface area contributed by atoms with Crippen molar-refractivity contribution in [2.75, 3.05) is 23.8 Å². The first-order chi connectivity index (χ1) is 15.9. The third-order valence-electron chi connectivity index (χ3n) is 4.35. The van der Waals surface area contributed by atoms with Gasteiger partial charge in [-0.1, -0.05) is 30.3 Å². The van der Waals surface area contributed by atoms with Crippen molar-refractivity contribution in [3.63, 3.8) is 0 Å². The summed E-state index contributed by atoms with van der Waals surface area (Å²) in [5.41, 5.74) is 1.59. The summed E-state index contributed by atoms with van der Waals surface area (Å²) in [4.78, 5) is 23.7. The molecule has 0 aliphatic rings. The van der Waals surface area contributed by atoms with Crippen LogP contribution in [0.15, 0.2) is 89.8 Å². The fourth-order valence-corrected chi connectivity index (χ4v) is 3.76. The Labute approximate surface area is 191 Å². The van der Waals surface area contributed by atoms with E-state index >= 15 is 0 Å². The SMILES string of the molecule is COc1ccc(NS(=O)(=O)c2ccc(/C=C/C(=O)OCC(=O)Nc3ccccc3)cc2)cc1. The Morgan fingerprint density at radius 2 is 1.55 bits per heavy atom. The van der Waals surface area contributed by atoms with Gasteiger partial charge >= 0.3 is 5.97 Å². The van der Waals surface area contributed by atoms with Crippen molar-refractivity contribution in [3.8, 4) is 5.75 Å². The maximum atomic E-state index is 12.5. The first-order valence-electron chi connectivity index (χ1n) is 9.82. The molecule has 0 heterocycles. The summed E-state index contributed by atoms with van der Waals surface area (Å²) in [6.45, 7) is -0.424. The van der Waals surface area contributed by atoms with E-state index in [-0.39, 0.29) is 4.90 Å². The summed E-state index contributed by atoms with van der Waals surface area (Å²) in [5, 5.41) is 2.61. The fraction of sp³-hybridized carbons (Fsp3) is 0.0833. The standard InChI is InChI=1S/C24H22N2O6S/c1-31-21-12-10-20(11-13-21)26-33(29,30)22-14-7-18(8-15-22)9-16-24(28)32-17-23(27)25-19-5-3-2-4-6-19/h2-16,26H,17H2,1H3,(H,25,27)/b16-9+. The maximum Gasteiger partial charge on any atom is 0.331 e. The Balaban J connectivity index is 1.52. The average molecular weight is 467 g/mol. The number of nitrogens with one attached hydrogen (secondary N) is 2. The second kappa shape index (κ2) is 11.0. The Morgan fingerprint density at radius 3 is 2.18 bits per heavy atom. The zero-order valence-electron chi connectivity index (χ0n) is 17.7. The van der Waals surface area contributed by atoms with Crippen LogP contribution in [0.5, 0.6) is 5.75 Å². The van der Waals surface area contributed by atoms with Crippen LogP contribution in [0.1, 0.15) is 5.56 Å². The van der Waals surface area contributed by atoms with Crippen molar-refractivity contribution >= 4 is 39.4 Å². The first kappa shape index (κ1) is 23.6. The van der Waals surface area contributed by atoms with Crippen molar-refractivity contribution < 1.29 is 27.5 Å². The number of hydrogen-bond acceptors (Lipinski definition) is 6. The minimum absolute atomic E-state index is 0.0654. The van der Waals surface area contributed by atoms with Crippen LogP contribution in [0.25, 0.3) is 6.08 Å². The van der Waals surface area contributed by atoms with Gasteiger partial charge < -0.3 is 14.8 Å².